The number of hydrogen-bond acceptors (Lipinski definition) is 3. The molecular formula is C8H8ClNO2. The number of aromatic nitrogens is 1. The molecule has 0 saturated carbocycles. The van der Waals surface area contributed by atoms with Gasteiger partial charge >= 0.3 is 0 Å². The summed E-state index contributed by atoms with van der Waals surface area (Å²) in [7, 11) is 1.49. The Bertz CT molecular complexity index is 312. The van der Waals surface area contributed by atoms with E-state index in [1.165, 1.54) is 7.11 Å². The fourth-order valence-electron chi connectivity index (χ4n) is 0.961. The Kier molecular flexibility index (Phi) is 2.65. The molecule has 64 valence electrons. The predicted octanol–water partition coefficient (Wildman–Crippen LogP) is 1.86. The van der Waals surface area contributed by atoms with Gasteiger partial charge in [-0.15, -0.1) is 0 Å². The number of halogens is 1. The molecule has 0 saturated heterocycles. The molecule has 1 heterocycles. The number of carbonyl (C=O) groups excluding carboxylic acids is 1. The molecule has 1 aromatic rings. The first-order valence-corrected chi connectivity index (χ1v) is 3.72. The lowest BCUT2D eigenvalue weighted by atomic mass is 10.2. The summed E-state index contributed by atoms with van der Waals surface area (Å²) >= 11 is 5.66. The van der Waals surface area contributed by atoms with Gasteiger partial charge in [-0.2, -0.15) is 0 Å². The average molecular weight is 186 g/mol. The third-order valence-electron chi connectivity index (χ3n) is 1.52. The highest BCUT2D eigenvalue weighted by Crippen LogP contribution is 2.25. The molecule has 1 aromatic heterocycles. The summed E-state index contributed by atoms with van der Waals surface area (Å²) in [5, 5.41) is 0.174. The summed E-state index contributed by atoms with van der Waals surface area (Å²) in [6.07, 6.45) is 2.20. The van der Waals surface area contributed by atoms with Crippen molar-refractivity contribution in [1.29, 1.82) is 0 Å². The molecule has 0 radical (unpaired) electrons. The standard InChI is InChI=1S/C8H8ClNO2/c1-5-3-10-8(9)6(4-11)7(5)12-2/h3-4H,1-2H3. The summed E-state index contributed by atoms with van der Waals surface area (Å²) in [5.41, 5.74) is 1.10. The molecule has 0 aliphatic rings. The number of aldehydes is 1. The Hall–Kier alpha value is -1.09. The fourth-order valence-corrected chi connectivity index (χ4v) is 1.14. The Balaban J connectivity index is 3.38. The maximum absolute atomic E-state index is 10.6. The van der Waals surface area contributed by atoms with Gasteiger partial charge in [-0.3, -0.25) is 4.79 Å². The molecule has 0 aliphatic heterocycles. The monoisotopic (exact) mass is 185 g/mol. The van der Waals surface area contributed by atoms with Crippen molar-refractivity contribution in [3.05, 3.63) is 22.5 Å². The van der Waals surface area contributed by atoms with E-state index in [-0.39, 0.29) is 5.15 Å². The summed E-state index contributed by atoms with van der Waals surface area (Å²) in [6.45, 7) is 1.80. The van der Waals surface area contributed by atoms with Crippen LogP contribution in [-0.4, -0.2) is 18.4 Å². The van der Waals surface area contributed by atoms with E-state index >= 15 is 0 Å². The summed E-state index contributed by atoms with van der Waals surface area (Å²) in [5.74, 6) is 0.491. The third-order valence-corrected chi connectivity index (χ3v) is 1.82. The van der Waals surface area contributed by atoms with Crippen LogP contribution in [0, 0.1) is 6.92 Å². The number of nitrogens with zero attached hydrogens (tertiary/aromatic N) is 1. The number of carbonyl (C=O) groups is 1. The topological polar surface area (TPSA) is 39.2 Å². The molecule has 0 aromatic carbocycles. The predicted molar refractivity (Wildman–Crippen MR) is 45.9 cm³/mol. The van der Waals surface area contributed by atoms with Gasteiger partial charge in [0.05, 0.1) is 12.7 Å². The molecule has 0 atom stereocenters. The molecule has 0 fully saturated rings. The lowest BCUT2D eigenvalue weighted by Gasteiger charge is -2.06. The zero-order valence-electron chi connectivity index (χ0n) is 6.80. The third kappa shape index (κ3) is 1.41. The van der Waals surface area contributed by atoms with Crippen molar-refractivity contribution in [3.8, 4) is 5.75 Å². The minimum Gasteiger partial charge on any atom is -0.496 e. The van der Waals surface area contributed by atoms with E-state index in [1.807, 2.05) is 0 Å². The van der Waals surface area contributed by atoms with Crippen LogP contribution < -0.4 is 4.74 Å². The van der Waals surface area contributed by atoms with Crippen LogP contribution in [0.1, 0.15) is 15.9 Å². The van der Waals surface area contributed by atoms with Crippen LogP contribution in [0.4, 0.5) is 0 Å². The first-order chi connectivity index (χ1) is 5.70. The largest absolute Gasteiger partial charge is 0.496 e. The number of methoxy groups -OCH3 is 1. The molecule has 0 spiro atoms. The van der Waals surface area contributed by atoms with Gasteiger partial charge in [-0.05, 0) is 6.92 Å². The Morgan fingerprint density at radius 2 is 2.33 bits per heavy atom. The fraction of sp³-hybridized carbons (Fsp3) is 0.250. The van der Waals surface area contributed by atoms with E-state index in [2.05, 4.69) is 4.98 Å². The highest BCUT2D eigenvalue weighted by molar-refractivity contribution is 6.32. The van der Waals surface area contributed by atoms with E-state index in [9.17, 15) is 4.79 Å². The van der Waals surface area contributed by atoms with Gasteiger partial charge in [0, 0.05) is 11.8 Å². The van der Waals surface area contributed by atoms with Gasteiger partial charge in [0.2, 0.25) is 0 Å². The van der Waals surface area contributed by atoms with E-state index in [0.717, 1.165) is 5.56 Å². The number of hydrogen-bond donors (Lipinski definition) is 0. The lowest BCUT2D eigenvalue weighted by Crippen LogP contribution is -1.96. The van der Waals surface area contributed by atoms with Crippen LogP contribution >= 0.6 is 11.6 Å². The van der Waals surface area contributed by atoms with Gasteiger partial charge in [-0.25, -0.2) is 4.98 Å². The minimum atomic E-state index is 0.174. The van der Waals surface area contributed by atoms with Gasteiger partial charge in [0.15, 0.2) is 6.29 Å². The van der Waals surface area contributed by atoms with Crippen LogP contribution in [-0.2, 0) is 0 Å². The van der Waals surface area contributed by atoms with E-state index < -0.39 is 0 Å². The van der Waals surface area contributed by atoms with E-state index in [0.29, 0.717) is 17.6 Å². The van der Waals surface area contributed by atoms with Crippen LogP contribution in [0.5, 0.6) is 5.75 Å². The zero-order chi connectivity index (χ0) is 9.14. The molecule has 1 rings (SSSR count). The molecule has 12 heavy (non-hydrogen) atoms. The number of aryl methyl sites for hydroxylation is 1. The molecule has 0 amide bonds. The normalized spacial score (nSPS) is 9.58. The Morgan fingerprint density at radius 1 is 1.67 bits per heavy atom. The average Bonchev–Trinajstić information content (AvgIpc) is 2.08. The zero-order valence-corrected chi connectivity index (χ0v) is 7.55. The van der Waals surface area contributed by atoms with Crippen LogP contribution in [0.15, 0.2) is 6.20 Å². The maximum Gasteiger partial charge on any atom is 0.156 e. The second-order valence-electron chi connectivity index (χ2n) is 2.30. The van der Waals surface area contributed by atoms with Crippen molar-refractivity contribution in [2.75, 3.05) is 7.11 Å². The van der Waals surface area contributed by atoms with Gasteiger partial charge in [0.1, 0.15) is 10.9 Å². The SMILES string of the molecule is COc1c(C)cnc(Cl)c1C=O. The molecule has 0 unspecified atom stereocenters. The quantitative estimate of drug-likeness (QED) is 0.522. The van der Waals surface area contributed by atoms with Crippen molar-refractivity contribution in [2.45, 2.75) is 6.92 Å². The molecule has 0 N–H and O–H groups in total. The summed E-state index contributed by atoms with van der Waals surface area (Å²) in [6, 6.07) is 0. The van der Waals surface area contributed by atoms with Crippen LogP contribution in [0.3, 0.4) is 0 Å². The van der Waals surface area contributed by atoms with Crippen LogP contribution in [0.2, 0.25) is 5.15 Å². The Labute approximate surface area is 75.3 Å². The molecule has 4 heteroatoms. The maximum atomic E-state index is 10.6. The highest BCUT2D eigenvalue weighted by Gasteiger charge is 2.10. The first-order valence-electron chi connectivity index (χ1n) is 3.35. The van der Waals surface area contributed by atoms with Crippen LogP contribution in [0.25, 0.3) is 0 Å². The second kappa shape index (κ2) is 3.54. The van der Waals surface area contributed by atoms with Gasteiger partial charge in [-0.1, -0.05) is 11.6 Å². The number of rotatable bonds is 2. The van der Waals surface area contributed by atoms with Crippen molar-refractivity contribution >= 4 is 17.9 Å². The summed E-state index contributed by atoms with van der Waals surface area (Å²) < 4.78 is 4.99. The highest BCUT2D eigenvalue weighted by atomic mass is 35.5. The van der Waals surface area contributed by atoms with Gasteiger partial charge < -0.3 is 4.74 Å². The molecule has 0 aliphatic carbocycles. The minimum absolute atomic E-state index is 0.174. The molecular weight excluding hydrogens is 178 g/mol. The van der Waals surface area contributed by atoms with E-state index in [4.69, 9.17) is 16.3 Å². The first kappa shape index (κ1) is 9.00. The Morgan fingerprint density at radius 3 is 2.75 bits per heavy atom. The molecule has 0 bridgehead atoms. The number of pyridine rings is 1. The summed E-state index contributed by atoms with van der Waals surface area (Å²) in [4.78, 5) is 14.4. The van der Waals surface area contributed by atoms with E-state index in [1.54, 1.807) is 13.1 Å². The van der Waals surface area contributed by atoms with Gasteiger partial charge in [0.25, 0.3) is 0 Å². The number of ether oxygens (including phenoxy) is 1. The van der Waals surface area contributed by atoms with Crippen molar-refractivity contribution in [3.63, 3.8) is 0 Å². The van der Waals surface area contributed by atoms with Crippen molar-refractivity contribution < 1.29 is 9.53 Å². The molecule has 3 nitrogen and oxygen atoms in total. The van der Waals surface area contributed by atoms with Crippen molar-refractivity contribution in [1.82, 2.24) is 4.98 Å². The smallest absolute Gasteiger partial charge is 0.156 e. The second-order valence-corrected chi connectivity index (χ2v) is 2.65. The van der Waals surface area contributed by atoms with Crippen molar-refractivity contribution in [2.24, 2.45) is 0 Å². The lowest BCUT2D eigenvalue weighted by molar-refractivity contribution is 0.112.